The Balaban J connectivity index is 1.73. The fourth-order valence-electron chi connectivity index (χ4n) is 3.00. The SMILES string of the molecule is O=C(c1cncc(N2CCOCC2)c1)N1CCCCCC1. The van der Waals surface area contributed by atoms with Crippen LogP contribution in [0.2, 0.25) is 0 Å². The van der Waals surface area contributed by atoms with Gasteiger partial charge in [-0.3, -0.25) is 9.78 Å². The van der Waals surface area contributed by atoms with Crippen LogP contribution in [0.3, 0.4) is 0 Å². The Bertz CT molecular complexity index is 478. The van der Waals surface area contributed by atoms with Gasteiger partial charge in [0.2, 0.25) is 0 Å². The summed E-state index contributed by atoms with van der Waals surface area (Å²) in [5.41, 5.74) is 1.74. The van der Waals surface area contributed by atoms with Crippen molar-refractivity contribution in [2.75, 3.05) is 44.3 Å². The highest BCUT2D eigenvalue weighted by Crippen LogP contribution is 2.18. The molecule has 1 aromatic rings. The van der Waals surface area contributed by atoms with Crippen LogP contribution in [-0.2, 0) is 4.74 Å². The summed E-state index contributed by atoms with van der Waals surface area (Å²) in [6.45, 7) is 4.96. The number of carbonyl (C=O) groups is 1. The Morgan fingerprint density at radius 3 is 2.43 bits per heavy atom. The Morgan fingerprint density at radius 2 is 1.71 bits per heavy atom. The van der Waals surface area contributed by atoms with Crippen molar-refractivity contribution >= 4 is 11.6 Å². The second-order valence-electron chi connectivity index (χ2n) is 5.74. The molecule has 114 valence electrons. The zero-order valence-corrected chi connectivity index (χ0v) is 12.5. The molecule has 21 heavy (non-hydrogen) atoms. The fourth-order valence-corrected chi connectivity index (χ4v) is 3.00. The third-order valence-electron chi connectivity index (χ3n) is 4.24. The third-order valence-corrected chi connectivity index (χ3v) is 4.24. The minimum absolute atomic E-state index is 0.125. The normalized spacial score (nSPS) is 20.2. The number of morpholine rings is 1. The number of likely N-dealkylation sites (tertiary alicyclic amines) is 1. The van der Waals surface area contributed by atoms with E-state index in [2.05, 4.69) is 9.88 Å². The van der Waals surface area contributed by atoms with Gasteiger partial charge in [-0.2, -0.15) is 0 Å². The molecule has 0 aromatic carbocycles. The van der Waals surface area contributed by atoms with Gasteiger partial charge in [-0.25, -0.2) is 0 Å². The van der Waals surface area contributed by atoms with E-state index in [-0.39, 0.29) is 5.91 Å². The molecule has 2 aliphatic rings. The number of hydrogen-bond acceptors (Lipinski definition) is 4. The maximum atomic E-state index is 12.6. The van der Waals surface area contributed by atoms with Crippen LogP contribution >= 0.6 is 0 Å². The molecule has 0 aliphatic carbocycles. The van der Waals surface area contributed by atoms with Gasteiger partial charge in [0.15, 0.2) is 0 Å². The summed E-state index contributed by atoms with van der Waals surface area (Å²) in [5, 5.41) is 0. The molecule has 0 bridgehead atoms. The van der Waals surface area contributed by atoms with Crippen molar-refractivity contribution < 1.29 is 9.53 Å². The van der Waals surface area contributed by atoms with Crippen molar-refractivity contribution in [3.05, 3.63) is 24.0 Å². The van der Waals surface area contributed by atoms with Crippen molar-refractivity contribution in [3.63, 3.8) is 0 Å². The molecule has 0 spiro atoms. The molecular formula is C16H23N3O2. The summed E-state index contributed by atoms with van der Waals surface area (Å²) in [6.07, 6.45) is 8.22. The minimum atomic E-state index is 0.125. The number of anilines is 1. The highest BCUT2D eigenvalue weighted by molar-refractivity contribution is 5.94. The van der Waals surface area contributed by atoms with Gasteiger partial charge in [0.25, 0.3) is 5.91 Å². The lowest BCUT2D eigenvalue weighted by molar-refractivity contribution is 0.0761. The summed E-state index contributed by atoms with van der Waals surface area (Å²) in [7, 11) is 0. The second kappa shape index (κ2) is 6.89. The predicted octanol–water partition coefficient (Wildman–Crippen LogP) is 1.93. The summed E-state index contributed by atoms with van der Waals surface area (Å²) >= 11 is 0. The number of nitrogens with zero attached hydrogens (tertiary/aromatic N) is 3. The quantitative estimate of drug-likeness (QED) is 0.834. The molecule has 0 radical (unpaired) electrons. The lowest BCUT2D eigenvalue weighted by atomic mass is 10.2. The minimum Gasteiger partial charge on any atom is -0.378 e. The van der Waals surface area contributed by atoms with Gasteiger partial charge in [0, 0.05) is 32.4 Å². The molecule has 3 rings (SSSR count). The molecule has 2 fully saturated rings. The average Bonchev–Trinajstić information content (AvgIpc) is 2.84. The van der Waals surface area contributed by atoms with Crippen LogP contribution in [0.5, 0.6) is 0 Å². The Hall–Kier alpha value is -1.62. The van der Waals surface area contributed by atoms with Crippen molar-refractivity contribution in [1.82, 2.24) is 9.88 Å². The summed E-state index contributed by atoms with van der Waals surface area (Å²) in [4.78, 5) is 21.1. The number of ether oxygens (including phenoxy) is 1. The molecular weight excluding hydrogens is 266 g/mol. The first kappa shape index (κ1) is 14.3. The summed E-state index contributed by atoms with van der Waals surface area (Å²) in [6, 6.07) is 1.98. The van der Waals surface area contributed by atoms with E-state index in [9.17, 15) is 4.79 Å². The van der Waals surface area contributed by atoms with Crippen molar-refractivity contribution in [2.24, 2.45) is 0 Å². The lowest BCUT2D eigenvalue weighted by Gasteiger charge is -2.29. The van der Waals surface area contributed by atoms with Crippen LogP contribution in [0, 0.1) is 0 Å². The molecule has 0 unspecified atom stereocenters. The third kappa shape index (κ3) is 3.53. The van der Waals surface area contributed by atoms with Crippen molar-refractivity contribution in [3.8, 4) is 0 Å². The largest absolute Gasteiger partial charge is 0.378 e. The van der Waals surface area contributed by atoms with E-state index in [0.717, 1.165) is 57.9 Å². The van der Waals surface area contributed by atoms with E-state index in [1.165, 1.54) is 12.8 Å². The maximum absolute atomic E-state index is 12.6. The van der Waals surface area contributed by atoms with Crippen LogP contribution < -0.4 is 4.90 Å². The van der Waals surface area contributed by atoms with Gasteiger partial charge in [0.1, 0.15) is 0 Å². The number of aromatic nitrogens is 1. The highest BCUT2D eigenvalue weighted by atomic mass is 16.5. The zero-order chi connectivity index (χ0) is 14.5. The molecule has 2 aliphatic heterocycles. The molecule has 3 heterocycles. The number of rotatable bonds is 2. The van der Waals surface area contributed by atoms with E-state index >= 15 is 0 Å². The van der Waals surface area contributed by atoms with Gasteiger partial charge in [0.05, 0.1) is 30.7 Å². The maximum Gasteiger partial charge on any atom is 0.255 e. The van der Waals surface area contributed by atoms with Crippen LogP contribution in [-0.4, -0.2) is 55.2 Å². The average molecular weight is 289 g/mol. The van der Waals surface area contributed by atoms with Gasteiger partial charge < -0.3 is 14.5 Å². The van der Waals surface area contributed by atoms with Crippen molar-refractivity contribution in [2.45, 2.75) is 25.7 Å². The van der Waals surface area contributed by atoms with Crippen molar-refractivity contribution in [1.29, 1.82) is 0 Å². The molecule has 0 saturated carbocycles. The van der Waals surface area contributed by atoms with Crippen LogP contribution in [0.25, 0.3) is 0 Å². The standard InChI is InChI=1S/C16H23N3O2/c20-16(19-5-3-1-2-4-6-19)14-11-15(13-17-12-14)18-7-9-21-10-8-18/h11-13H,1-10H2. The lowest BCUT2D eigenvalue weighted by Crippen LogP contribution is -2.36. The van der Waals surface area contributed by atoms with Crippen LogP contribution in [0.15, 0.2) is 18.5 Å². The van der Waals surface area contributed by atoms with Crippen LogP contribution in [0.4, 0.5) is 5.69 Å². The Labute approximate surface area is 125 Å². The zero-order valence-electron chi connectivity index (χ0n) is 12.5. The Morgan fingerprint density at radius 1 is 1.00 bits per heavy atom. The van der Waals surface area contributed by atoms with E-state index in [1.54, 1.807) is 6.20 Å². The molecule has 5 nitrogen and oxygen atoms in total. The molecule has 0 atom stereocenters. The predicted molar refractivity (Wildman–Crippen MR) is 81.6 cm³/mol. The number of amides is 1. The number of pyridine rings is 1. The van der Waals surface area contributed by atoms with E-state index in [1.807, 2.05) is 17.2 Å². The molecule has 5 heteroatoms. The Kier molecular flexibility index (Phi) is 4.70. The van der Waals surface area contributed by atoms with Gasteiger partial charge in [-0.15, -0.1) is 0 Å². The monoisotopic (exact) mass is 289 g/mol. The second-order valence-corrected chi connectivity index (χ2v) is 5.74. The molecule has 2 saturated heterocycles. The van der Waals surface area contributed by atoms with E-state index in [0.29, 0.717) is 5.56 Å². The van der Waals surface area contributed by atoms with E-state index < -0.39 is 0 Å². The highest BCUT2D eigenvalue weighted by Gasteiger charge is 2.19. The first-order valence-corrected chi connectivity index (χ1v) is 7.91. The summed E-state index contributed by atoms with van der Waals surface area (Å²) < 4.78 is 5.37. The molecule has 1 aromatic heterocycles. The molecule has 0 N–H and O–H groups in total. The van der Waals surface area contributed by atoms with Gasteiger partial charge in [-0.05, 0) is 18.9 Å². The van der Waals surface area contributed by atoms with Gasteiger partial charge >= 0.3 is 0 Å². The molecule has 1 amide bonds. The van der Waals surface area contributed by atoms with E-state index in [4.69, 9.17) is 4.74 Å². The first-order valence-electron chi connectivity index (χ1n) is 7.91. The topological polar surface area (TPSA) is 45.7 Å². The number of carbonyl (C=O) groups excluding carboxylic acids is 1. The van der Waals surface area contributed by atoms with Gasteiger partial charge in [-0.1, -0.05) is 12.8 Å². The summed E-state index contributed by atoms with van der Waals surface area (Å²) in [5.74, 6) is 0.125. The number of hydrogen-bond donors (Lipinski definition) is 0. The first-order chi connectivity index (χ1) is 10.3. The van der Waals surface area contributed by atoms with Crippen LogP contribution in [0.1, 0.15) is 36.0 Å². The fraction of sp³-hybridized carbons (Fsp3) is 0.625. The smallest absolute Gasteiger partial charge is 0.255 e.